The number of halogens is 1. The number of rotatable bonds is 3. The van der Waals surface area contributed by atoms with Crippen LogP contribution in [-0.4, -0.2) is 14.4 Å². The summed E-state index contributed by atoms with van der Waals surface area (Å²) >= 11 is 0. The summed E-state index contributed by atoms with van der Waals surface area (Å²) in [7, 11) is -4.16. The number of carbonyl (C=O) groups is 1. The van der Waals surface area contributed by atoms with Crippen LogP contribution < -0.4 is 9.21 Å². The van der Waals surface area contributed by atoms with Crippen molar-refractivity contribution in [1.82, 2.24) is 0 Å². The molecule has 0 spiro atoms. The van der Waals surface area contributed by atoms with E-state index < -0.39 is 21.9 Å². The summed E-state index contributed by atoms with van der Waals surface area (Å²) in [5.74, 6) is -0.575. The fraction of sp³-hybridized carbons (Fsp3) is 0.0952. The molecule has 0 saturated carbocycles. The molecule has 0 atom stereocenters. The van der Waals surface area contributed by atoms with E-state index in [1.54, 1.807) is 25.1 Å². The Morgan fingerprint density at radius 2 is 1.61 bits per heavy atom. The van der Waals surface area contributed by atoms with Gasteiger partial charge in [-0.3, -0.25) is 4.90 Å². The van der Waals surface area contributed by atoms with Gasteiger partial charge >= 0.3 is 6.03 Å². The average molecular weight is 396 g/mol. The highest BCUT2D eigenvalue weighted by atomic mass is 32.2. The number of para-hydroxylation sites is 1. The SMILES string of the molecule is Cc1ccc(N2C(=O)N(Cc3ccccc3)c3ccccc3S2(=O)=O)cc1F. The first-order chi connectivity index (χ1) is 13.4. The van der Waals surface area contributed by atoms with Crippen LogP contribution in [0.2, 0.25) is 0 Å². The Balaban J connectivity index is 1.88. The molecular weight excluding hydrogens is 379 g/mol. The van der Waals surface area contributed by atoms with Crippen molar-refractivity contribution in [3.63, 3.8) is 0 Å². The molecule has 1 heterocycles. The summed E-state index contributed by atoms with van der Waals surface area (Å²) in [5, 5.41) is 0. The van der Waals surface area contributed by atoms with Crippen LogP contribution in [0.3, 0.4) is 0 Å². The zero-order chi connectivity index (χ0) is 19.9. The van der Waals surface area contributed by atoms with E-state index in [0.717, 1.165) is 11.6 Å². The van der Waals surface area contributed by atoms with Crippen LogP contribution in [0.4, 0.5) is 20.6 Å². The van der Waals surface area contributed by atoms with Gasteiger partial charge in [0.05, 0.1) is 17.9 Å². The largest absolute Gasteiger partial charge is 0.343 e. The number of nitrogens with zero attached hydrogens (tertiary/aromatic N) is 2. The molecule has 28 heavy (non-hydrogen) atoms. The number of hydrogen-bond acceptors (Lipinski definition) is 3. The normalized spacial score (nSPS) is 15.4. The summed E-state index contributed by atoms with van der Waals surface area (Å²) in [5.41, 5.74) is 1.49. The lowest BCUT2D eigenvalue weighted by atomic mass is 10.2. The minimum atomic E-state index is -4.16. The summed E-state index contributed by atoms with van der Waals surface area (Å²) in [6.45, 7) is 1.76. The predicted molar refractivity (Wildman–Crippen MR) is 105 cm³/mol. The van der Waals surface area contributed by atoms with Gasteiger partial charge in [-0.2, -0.15) is 4.31 Å². The Hall–Kier alpha value is -3.19. The molecule has 142 valence electrons. The number of anilines is 2. The maximum Gasteiger partial charge on any atom is 0.343 e. The molecule has 0 radical (unpaired) electrons. The summed E-state index contributed by atoms with van der Waals surface area (Å²) in [4.78, 5) is 14.7. The molecule has 1 aliphatic rings. The Bertz CT molecular complexity index is 1160. The summed E-state index contributed by atoms with van der Waals surface area (Å²) < 4.78 is 41.1. The maximum absolute atomic E-state index is 14.1. The number of fused-ring (bicyclic) bond motifs is 1. The second-order valence-electron chi connectivity index (χ2n) is 6.52. The van der Waals surface area contributed by atoms with E-state index in [1.807, 2.05) is 30.3 Å². The van der Waals surface area contributed by atoms with Crippen LogP contribution in [0, 0.1) is 12.7 Å². The molecule has 4 rings (SSSR count). The topological polar surface area (TPSA) is 57.7 Å². The van der Waals surface area contributed by atoms with Crippen LogP contribution >= 0.6 is 0 Å². The Kier molecular flexibility index (Phi) is 4.39. The van der Waals surface area contributed by atoms with Gasteiger partial charge in [-0.1, -0.05) is 48.5 Å². The molecule has 0 aliphatic carbocycles. The van der Waals surface area contributed by atoms with Crippen molar-refractivity contribution in [2.75, 3.05) is 9.21 Å². The number of hydrogen-bond donors (Lipinski definition) is 0. The zero-order valence-corrected chi connectivity index (χ0v) is 15.9. The van der Waals surface area contributed by atoms with Gasteiger partial charge in [-0.15, -0.1) is 0 Å². The molecular formula is C21H17FN2O3S. The maximum atomic E-state index is 14.1. The van der Waals surface area contributed by atoms with Crippen molar-refractivity contribution in [2.45, 2.75) is 18.4 Å². The second-order valence-corrected chi connectivity index (χ2v) is 8.28. The van der Waals surface area contributed by atoms with E-state index in [1.165, 1.54) is 23.1 Å². The van der Waals surface area contributed by atoms with Gasteiger partial charge in [-0.25, -0.2) is 17.6 Å². The average Bonchev–Trinajstić information content (AvgIpc) is 2.69. The van der Waals surface area contributed by atoms with Crippen molar-refractivity contribution < 1.29 is 17.6 Å². The van der Waals surface area contributed by atoms with Gasteiger partial charge in [0, 0.05) is 0 Å². The summed E-state index contributed by atoms with van der Waals surface area (Å²) in [6.07, 6.45) is 0. The molecule has 5 nitrogen and oxygen atoms in total. The third kappa shape index (κ3) is 2.93. The van der Waals surface area contributed by atoms with Crippen molar-refractivity contribution in [2.24, 2.45) is 0 Å². The van der Waals surface area contributed by atoms with E-state index >= 15 is 0 Å². The van der Waals surface area contributed by atoms with Crippen LogP contribution in [-0.2, 0) is 16.6 Å². The monoisotopic (exact) mass is 396 g/mol. The highest BCUT2D eigenvalue weighted by molar-refractivity contribution is 7.94. The van der Waals surface area contributed by atoms with Gasteiger partial charge in [-0.05, 0) is 42.3 Å². The van der Waals surface area contributed by atoms with Crippen molar-refractivity contribution in [3.05, 3.63) is 89.7 Å². The van der Waals surface area contributed by atoms with Crippen LogP contribution in [0.15, 0.2) is 77.7 Å². The Labute approximate surface area is 162 Å². The number of sulfonamides is 1. The van der Waals surface area contributed by atoms with Crippen molar-refractivity contribution >= 4 is 27.4 Å². The lowest BCUT2D eigenvalue weighted by molar-refractivity contribution is 0.253. The highest BCUT2D eigenvalue weighted by Crippen LogP contribution is 2.38. The third-order valence-corrected chi connectivity index (χ3v) is 6.40. The van der Waals surface area contributed by atoms with Crippen molar-refractivity contribution in [3.8, 4) is 0 Å². The molecule has 0 unspecified atom stereocenters. The lowest BCUT2D eigenvalue weighted by Gasteiger charge is -2.36. The van der Waals surface area contributed by atoms with Gasteiger partial charge in [0.15, 0.2) is 0 Å². The van der Waals surface area contributed by atoms with Gasteiger partial charge in [0.1, 0.15) is 10.7 Å². The number of urea groups is 1. The standard InChI is InChI=1S/C21H17FN2O3S/c1-15-11-12-17(13-18(15)22)24-21(25)23(14-16-7-3-2-4-8-16)19-9-5-6-10-20(19)28(24,26)27/h2-13H,14H2,1H3. The van der Waals surface area contributed by atoms with Gasteiger partial charge in [0.2, 0.25) is 0 Å². The number of aryl methyl sites for hydroxylation is 1. The highest BCUT2D eigenvalue weighted by Gasteiger charge is 2.42. The van der Waals surface area contributed by atoms with E-state index in [9.17, 15) is 17.6 Å². The molecule has 0 aromatic heterocycles. The van der Waals surface area contributed by atoms with Gasteiger partial charge in [0.25, 0.3) is 10.0 Å². The molecule has 2 amide bonds. The first-order valence-electron chi connectivity index (χ1n) is 8.65. The van der Waals surface area contributed by atoms with Crippen molar-refractivity contribution in [1.29, 1.82) is 0 Å². The zero-order valence-electron chi connectivity index (χ0n) is 15.0. The fourth-order valence-electron chi connectivity index (χ4n) is 3.19. The molecule has 0 bridgehead atoms. The van der Waals surface area contributed by atoms with E-state index in [-0.39, 0.29) is 17.1 Å². The first-order valence-corrected chi connectivity index (χ1v) is 10.1. The molecule has 3 aromatic rings. The quantitative estimate of drug-likeness (QED) is 0.656. The molecule has 0 N–H and O–H groups in total. The molecule has 0 saturated heterocycles. The summed E-state index contributed by atoms with van der Waals surface area (Å²) in [6, 6.07) is 18.8. The number of amides is 2. The van der Waals surface area contributed by atoms with E-state index in [4.69, 9.17) is 0 Å². The Morgan fingerprint density at radius 3 is 2.32 bits per heavy atom. The van der Waals surface area contributed by atoms with E-state index in [0.29, 0.717) is 15.6 Å². The molecule has 1 aliphatic heterocycles. The number of carbonyl (C=O) groups excluding carboxylic acids is 1. The van der Waals surface area contributed by atoms with Crippen LogP contribution in [0.25, 0.3) is 0 Å². The minimum Gasteiger partial charge on any atom is -0.287 e. The van der Waals surface area contributed by atoms with Gasteiger partial charge < -0.3 is 0 Å². The van der Waals surface area contributed by atoms with Crippen LogP contribution in [0.5, 0.6) is 0 Å². The smallest absolute Gasteiger partial charge is 0.287 e. The molecule has 3 aromatic carbocycles. The second kappa shape index (κ2) is 6.76. The number of benzene rings is 3. The Morgan fingerprint density at radius 1 is 0.929 bits per heavy atom. The predicted octanol–water partition coefficient (Wildman–Crippen LogP) is 4.47. The molecule has 7 heteroatoms. The van der Waals surface area contributed by atoms with Crippen LogP contribution in [0.1, 0.15) is 11.1 Å². The lowest BCUT2D eigenvalue weighted by Crippen LogP contribution is -2.50. The van der Waals surface area contributed by atoms with E-state index in [2.05, 4.69) is 0 Å². The third-order valence-electron chi connectivity index (χ3n) is 4.65. The fourth-order valence-corrected chi connectivity index (χ4v) is 4.77. The first kappa shape index (κ1) is 18.2. The minimum absolute atomic E-state index is 0.00603. The molecule has 0 fully saturated rings.